The Hall–Kier alpha value is -2.29. The predicted molar refractivity (Wildman–Crippen MR) is 59.2 cm³/mol. The van der Waals surface area contributed by atoms with E-state index in [4.69, 9.17) is 10.2 Å². The number of carbonyl (C=O) groups is 1. The van der Waals surface area contributed by atoms with Crippen LogP contribution in [0.1, 0.15) is 10.4 Å². The fourth-order valence-electron chi connectivity index (χ4n) is 0.935. The molecule has 16 heavy (non-hydrogen) atoms. The first-order chi connectivity index (χ1) is 7.72. The van der Waals surface area contributed by atoms with Crippen LogP contribution < -0.4 is 0 Å². The van der Waals surface area contributed by atoms with Crippen molar-refractivity contribution >= 4 is 5.97 Å². The van der Waals surface area contributed by atoms with Gasteiger partial charge >= 0.3 is 5.97 Å². The van der Waals surface area contributed by atoms with E-state index in [1.54, 1.807) is 0 Å². The number of carboxylic acids is 1. The zero-order valence-corrected chi connectivity index (χ0v) is 8.42. The summed E-state index contributed by atoms with van der Waals surface area (Å²) < 4.78 is 0. The van der Waals surface area contributed by atoms with E-state index < -0.39 is 5.97 Å². The maximum Gasteiger partial charge on any atom is 0.339 e. The van der Waals surface area contributed by atoms with Crippen LogP contribution in [-0.4, -0.2) is 16.2 Å². The maximum absolute atomic E-state index is 10.2. The molecule has 0 saturated carbocycles. The lowest BCUT2D eigenvalue weighted by atomic mass is 10.2. The molecule has 3 heteroatoms. The number of benzene rings is 2. The van der Waals surface area contributed by atoms with Crippen molar-refractivity contribution in [1.29, 1.82) is 0 Å². The van der Waals surface area contributed by atoms with Gasteiger partial charge in [-0.2, -0.15) is 0 Å². The van der Waals surface area contributed by atoms with Crippen molar-refractivity contribution in [2.75, 3.05) is 0 Å². The van der Waals surface area contributed by atoms with Crippen LogP contribution in [0, 0.1) is 12.1 Å². The van der Waals surface area contributed by atoms with Gasteiger partial charge in [0, 0.05) is 0 Å². The van der Waals surface area contributed by atoms with Gasteiger partial charge in [-0.1, -0.05) is 36.4 Å². The van der Waals surface area contributed by atoms with E-state index in [1.165, 1.54) is 18.2 Å². The van der Waals surface area contributed by atoms with Crippen molar-refractivity contribution in [3.05, 3.63) is 66.2 Å². The zero-order valence-electron chi connectivity index (χ0n) is 8.42. The Bertz CT molecular complexity index is 411. The van der Waals surface area contributed by atoms with Crippen molar-refractivity contribution in [3.8, 4) is 5.75 Å². The molecule has 0 fully saturated rings. The van der Waals surface area contributed by atoms with Gasteiger partial charge < -0.3 is 10.2 Å². The van der Waals surface area contributed by atoms with Gasteiger partial charge in [-0.15, -0.1) is 0 Å². The van der Waals surface area contributed by atoms with Gasteiger partial charge in [0.1, 0.15) is 11.3 Å². The molecule has 2 aromatic rings. The predicted octanol–water partition coefficient (Wildman–Crippen LogP) is 2.38. The van der Waals surface area contributed by atoms with Crippen LogP contribution in [0.2, 0.25) is 0 Å². The highest BCUT2D eigenvalue weighted by Gasteiger charge is 2.05. The molecule has 0 unspecified atom stereocenters. The molecule has 0 heterocycles. The second kappa shape index (κ2) is 6.24. The molecule has 0 aliphatic carbocycles. The van der Waals surface area contributed by atoms with Gasteiger partial charge in [-0.3, -0.25) is 0 Å². The first-order valence-corrected chi connectivity index (χ1v) is 4.55. The number of aromatic carboxylic acids is 1. The molecule has 3 nitrogen and oxygen atoms in total. The minimum Gasteiger partial charge on any atom is -0.507 e. The molecule has 2 N–H and O–H groups in total. The SMILES string of the molecule is O=C(O)c1c[c]ccc1O.[c]1ccccc1. The molecule has 0 saturated heterocycles. The molecule has 0 aromatic heterocycles. The van der Waals surface area contributed by atoms with E-state index in [-0.39, 0.29) is 11.3 Å². The summed E-state index contributed by atoms with van der Waals surface area (Å²) >= 11 is 0. The molecule has 2 rings (SSSR count). The summed E-state index contributed by atoms with van der Waals surface area (Å²) in [6.45, 7) is 0. The summed E-state index contributed by atoms with van der Waals surface area (Å²) in [6.07, 6.45) is 0. The van der Waals surface area contributed by atoms with E-state index in [9.17, 15) is 4.79 Å². The van der Waals surface area contributed by atoms with Crippen LogP contribution in [0.5, 0.6) is 5.75 Å². The largest absolute Gasteiger partial charge is 0.507 e. The quantitative estimate of drug-likeness (QED) is 0.766. The second-order valence-corrected chi connectivity index (χ2v) is 2.83. The smallest absolute Gasteiger partial charge is 0.339 e. The molecule has 0 spiro atoms. The van der Waals surface area contributed by atoms with Crippen molar-refractivity contribution in [1.82, 2.24) is 0 Å². The number of rotatable bonds is 1. The lowest BCUT2D eigenvalue weighted by Crippen LogP contribution is -1.95. The van der Waals surface area contributed by atoms with E-state index in [0.29, 0.717) is 0 Å². The Morgan fingerprint density at radius 2 is 1.75 bits per heavy atom. The van der Waals surface area contributed by atoms with E-state index in [0.717, 1.165) is 0 Å². The van der Waals surface area contributed by atoms with Gasteiger partial charge in [0.05, 0.1) is 0 Å². The summed E-state index contributed by atoms with van der Waals surface area (Å²) in [6, 6.07) is 19.0. The average Bonchev–Trinajstić information content (AvgIpc) is 2.32. The Morgan fingerprint density at radius 3 is 2.06 bits per heavy atom. The van der Waals surface area contributed by atoms with Crippen LogP contribution in [0.4, 0.5) is 0 Å². The average molecular weight is 214 g/mol. The Labute approximate surface area is 93.6 Å². The Balaban J connectivity index is 0.000000181. The summed E-state index contributed by atoms with van der Waals surface area (Å²) in [5.41, 5.74) is -0.123. The van der Waals surface area contributed by atoms with Crippen LogP contribution >= 0.6 is 0 Å². The normalized spacial score (nSPS) is 8.75. The van der Waals surface area contributed by atoms with E-state index in [2.05, 4.69) is 12.1 Å². The highest BCUT2D eigenvalue weighted by atomic mass is 16.4. The molecule has 0 atom stereocenters. The molecule has 0 bridgehead atoms. The van der Waals surface area contributed by atoms with Crippen LogP contribution in [0.25, 0.3) is 0 Å². The molecular weight excluding hydrogens is 204 g/mol. The minimum atomic E-state index is -1.14. The van der Waals surface area contributed by atoms with Gasteiger partial charge in [-0.05, 0) is 24.3 Å². The van der Waals surface area contributed by atoms with Gasteiger partial charge in [0.2, 0.25) is 0 Å². The fraction of sp³-hybridized carbons (Fsp3) is 0. The monoisotopic (exact) mass is 214 g/mol. The van der Waals surface area contributed by atoms with Crippen LogP contribution in [0.3, 0.4) is 0 Å². The Kier molecular flexibility index (Phi) is 4.60. The third-order valence-electron chi connectivity index (χ3n) is 1.68. The van der Waals surface area contributed by atoms with Crippen LogP contribution in [0.15, 0.2) is 48.5 Å². The minimum absolute atomic E-state index is 0.123. The number of phenols is 1. The first-order valence-electron chi connectivity index (χ1n) is 4.55. The molecule has 0 aliphatic rings. The molecule has 2 aromatic carbocycles. The highest BCUT2D eigenvalue weighted by molar-refractivity contribution is 5.90. The lowest BCUT2D eigenvalue weighted by Gasteiger charge is -1.94. The first kappa shape index (κ1) is 11.8. The zero-order chi connectivity index (χ0) is 11.8. The third kappa shape index (κ3) is 3.84. The molecule has 80 valence electrons. The van der Waals surface area contributed by atoms with Gasteiger partial charge in [0.15, 0.2) is 0 Å². The van der Waals surface area contributed by atoms with E-state index in [1.807, 2.05) is 30.3 Å². The summed E-state index contributed by atoms with van der Waals surface area (Å²) in [5.74, 6) is -1.37. The molecular formula is C13H10O3. The van der Waals surface area contributed by atoms with Crippen molar-refractivity contribution in [2.24, 2.45) is 0 Å². The van der Waals surface area contributed by atoms with Gasteiger partial charge in [-0.25, -0.2) is 4.79 Å². The summed E-state index contributed by atoms with van der Waals surface area (Å²) in [5, 5.41) is 17.3. The fourth-order valence-corrected chi connectivity index (χ4v) is 0.935. The van der Waals surface area contributed by atoms with Crippen molar-refractivity contribution in [2.45, 2.75) is 0 Å². The molecule has 2 radical (unpaired) electrons. The Morgan fingerprint density at radius 1 is 1.06 bits per heavy atom. The number of carboxylic acid groups (broad SMARTS) is 1. The van der Waals surface area contributed by atoms with Gasteiger partial charge in [0.25, 0.3) is 0 Å². The van der Waals surface area contributed by atoms with E-state index >= 15 is 0 Å². The summed E-state index contributed by atoms with van der Waals surface area (Å²) in [4.78, 5) is 10.2. The number of hydrogen-bond acceptors (Lipinski definition) is 2. The molecule has 0 amide bonds. The highest BCUT2D eigenvalue weighted by Crippen LogP contribution is 2.14. The second-order valence-electron chi connectivity index (χ2n) is 2.83. The van der Waals surface area contributed by atoms with Crippen molar-refractivity contribution < 1.29 is 15.0 Å². The molecule has 0 aliphatic heterocycles. The topological polar surface area (TPSA) is 57.5 Å². The number of aromatic hydroxyl groups is 1. The standard InChI is InChI=1S/C7H5O3.C6H5/c8-6-4-2-1-3-5(6)7(9)10;1-2-4-6-5-3-1/h2-4,8H,(H,9,10);1-5H. The van der Waals surface area contributed by atoms with Crippen LogP contribution in [-0.2, 0) is 0 Å². The lowest BCUT2D eigenvalue weighted by molar-refractivity contribution is 0.0693. The summed E-state index contributed by atoms with van der Waals surface area (Å²) in [7, 11) is 0. The maximum atomic E-state index is 10.2. The van der Waals surface area contributed by atoms with Crippen molar-refractivity contribution in [3.63, 3.8) is 0 Å². The number of hydrogen-bond donors (Lipinski definition) is 2. The third-order valence-corrected chi connectivity index (χ3v) is 1.68.